The Balaban J connectivity index is 1.95. The van der Waals surface area contributed by atoms with Crippen LogP contribution in [0.4, 0.5) is 11.4 Å². The smallest absolute Gasteiger partial charge is 0.257 e. The van der Waals surface area contributed by atoms with E-state index >= 15 is 0 Å². The second kappa shape index (κ2) is 7.81. The molecule has 0 aliphatic rings. The van der Waals surface area contributed by atoms with Crippen LogP contribution in [-0.2, 0) is 4.79 Å². The molecule has 0 atom stereocenters. The van der Waals surface area contributed by atoms with Crippen molar-refractivity contribution in [3.63, 3.8) is 0 Å². The zero-order chi connectivity index (χ0) is 18.7. The number of aromatic nitrogens is 1. The first-order chi connectivity index (χ1) is 12.5. The fraction of sp³-hybridized carbons (Fsp3) is 0.158. The number of carbonyl (C=O) groups is 2. The van der Waals surface area contributed by atoms with Crippen molar-refractivity contribution in [1.82, 2.24) is 4.98 Å². The number of hydrogen-bond donors (Lipinski definition) is 3. The van der Waals surface area contributed by atoms with Crippen LogP contribution in [0.2, 0.25) is 10.0 Å². The lowest BCUT2D eigenvalue weighted by atomic mass is 10.1. The molecule has 0 aliphatic carbocycles. The Labute approximate surface area is 160 Å². The van der Waals surface area contributed by atoms with Gasteiger partial charge >= 0.3 is 0 Å². The number of anilines is 2. The van der Waals surface area contributed by atoms with E-state index in [0.717, 1.165) is 10.9 Å². The van der Waals surface area contributed by atoms with Crippen molar-refractivity contribution in [3.8, 4) is 0 Å². The number of amides is 2. The third-order valence-electron chi connectivity index (χ3n) is 3.88. The van der Waals surface area contributed by atoms with Crippen LogP contribution in [-0.4, -0.2) is 16.8 Å². The van der Waals surface area contributed by atoms with Crippen molar-refractivity contribution in [2.75, 3.05) is 10.6 Å². The van der Waals surface area contributed by atoms with Crippen molar-refractivity contribution < 1.29 is 9.59 Å². The Morgan fingerprint density at radius 2 is 1.92 bits per heavy atom. The van der Waals surface area contributed by atoms with Gasteiger partial charge in [-0.3, -0.25) is 9.59 Å². The number of hydrogen-bond acceptors (Lipinski definition) is 2. The highest BCUT2D eigenvalue weighted by Crippen LogP contribution is 2.32. The summed E-state index contributed by atoms with van der Waals surface area (Å²) in [5.41, 5.74) is 2.02. The van der Waals surface area contributed by atoms with Crippen LogP contribution in [0.3, 0.4) is 0 Å². The molecule has 2 aromatic carbocycles. The predicted octanol–water partition coefficient (Wildman–Crippen LogP) is 5.47. The van der Waals surface area contributed by atoms with E-state index in [1.54, 1.807) is 12.3 Å². The minimum absolute atomic E-state index is 0.208. The molecule has 0 saturated carbocycles. The summed E-state index contributed by atoms with van der Waals surface area (Å²) in [7, 11) is 0. The molecule has 26 heavy (non-hydrogen) atoms. The molecule has 2 amide bonds. The van der Waals surface area contributed by atoms with E-state index in [1.807, 2.05) is 25.1 Å². The lowest BCUT2D eigenvalue weighted by Crippen LogP contribution is -2.18. The second-order valence-electron chi connectivity index (χ2n) is 5.81. The summed E-state index contributed by atoms with van der Waals surface area (Å²) in [5, 5.41) is 6.98. The quantitative estimate of drug-likeness (QED) is 0.541. The highest BCUT2D eigenvalue weighted by atomic mass is 35.5. The zero-order valence-corrected chi connectivity index (χ0v) is 15.5. The molecule has 0 unspecified atom stereocenters. The van der Waals surface area contributed by atoms with Gasteiger partial charge in [0, 0.05) is 28.5 Å². The molecule has 3 aromatic rings. The van der Waals surface area contributed by atoms with E-state index in [2.05, 4.69) is 15.6 Å². The summed E-state index contributed by atoms with van der Waals surface area (Å²) in [5.74, 6) is -0.617. The fourth-order valence-corrected chi connectivity index (χ4v) is 3.23. The van der Waals surface area contributed by atoms with Gasteiger partial charge in [-0.2, -0.15) is 0 Å². The van der Waals surface area contributed by atoms with Gasteiger partial charge in [0.05, 0.1) is 22.0 Å². The summed E-state index contributed by atoms with van der Waals surface area (Å²) < 4.78 is 0. The van der Waals surface area contributed by atoms with Gasteiger partial charge in [0.25, 0.3) is 5.91 Å². The minimum Gasteiger partial charge on any atom is -0.361 e. The average Bonchev–Trinajstić information content (AvgIpc) is 3.07. The summed E-state index contributed by atoms with van der Waals surface area (Å²) in [6.07, 6.45) is 2.82. The van der Waals surface area contributed by atoms with Crippen molar-refractivity contribution in [2.45, 2.75) is 19.8 Å². The Bertz CT molecular complexity index is 982. The molecule has 0 bridgehead atoms. The number of nitrogens with one attached hydrogen (secondary N) is 3. The van der Waals surface area contributed by atoms with E-state index in [9.17, 15) is 9.59 Å². The van der Waals surface area contributed by atoms with Crippen molar-refractivity contribution in [1.29, 1.82) is 0 Å². The molecule has 5 nitrogen and oxygen atoms in total. The highest BCUT2D eigenvalue weighted by Gasteiger charge is 2.18. The first-order valence-corrected chi connectivity index (χ1v) is 8.91. The van der Waals surface area contributed by atoms with Crippen LogP contribution in [0.15, 0.2) is 42.6 Å². The van der Waals surface area contributed by atoms with Gasteiger partial charge in [0.2, 0.25) is 5.91 Å². The van der Waals surface area contributed by atoms with Gasteiger partial charge in [-0.15, -0.1) is 0 Å². The molecule has 134 valence electrons. The monoisotopic (exact) mass is 389 g/mol. The maximum absolute atomic E-state index is 12.9. The van der Waals surface area contributed by atoms with Crippen LogP contribution in [0, 0.1) is 0 Å². The van der Waals surface area contributed by atoms with Crippen LogP contribution in [0.25, 0.3) is 10.9 Å². The Kier molecular flexibility index (Phi) is 5.49. The molecule has 3 N–H and O–H groups in total. The van der Waals surface area contributed by atoms with Crippen LogP contribution >= 0.6 is 23.2 Å². The Hall–Kier alpha value is -2.50. The van der Waals surface area contributed by atoms with Gasteiger partial charge in [-0.25, -0.2) is 0 Å². The van der Waals surface area contributed by atoms with Gasteiger partial charge in [-0.1, -0.05) is 36.2 Å². The number of carbonyl (C=O) groups excluding carboxylic acids is 2. The predicted molar refractivity (Wildman–Crippen MR) is 106 cm³/mol. The van der Waals surface area contributed by atoms with Crippen LogP contribution < -0.4 is 10.6 Å². The SMILES string of the molecule is CCCC(=O)Nc1c(Cl)cc(Cl)cc1C(=O)Nc1cccc2[nH]ccc12. The molecule has 3 rings (SSSR count). The topological polar surface area (TPSA) is 74.0 Å². The standard InChI is InChI=1S/C19H17Cl2N3O2/c1-2-4-17(25)24-18-13(9-11(20)10-14(18)21)19(26)23-16-6-3-5-15-12(16)7-8-22-15/h3,5-10,22H,2,4H2,1H3,(H,23,26)(H,24,25). The summed E-state index contributed by atoms with van der Waals surface area (Å²) >= 11 is 12.3. The molecule has 0 spiro atoms. The van der Waals surface area contributed by atoms with Gasteiger partial charge < -0.3 is 15.6 Å². The lowest BCUT2D eigenvalue weighted by Gasteiger charge is -2.14. The van der Waals surface area contributed by atoms with Gasteiger partial charge in [-0.05, 0) is 36.8 Å². The maximum Gasteiger partial charge on any atom is 0.257 e. The van der Waals surface area contributed by atoms with E-state index in [4.69, 9.17) is 23.2 Å². The Morgan fingerprint density at radius 1 is 1.12 bits per heavy atom. The molecule has 0 radical (unpaired) electrons. The Morgan fingerprint density at radius 3 is 2.69 bits per heavy atom. The van der Waals surface area contributed by atoms with E-state index < -0.39 is 5.91 Å². The zero-order valence-electron chi connectivity index (χ0n) is 14.0. The molecule has 0 aliphatic heterocycles. The number of aromatic amines is 1. The average molecular weight is 390 g/mol. The normalized spacial score (nSPS) is 10.7. The lowest BCUT2D eigenvalue weighted by molar-refractivity contribution is -0.116. The van der Waals surface area contributed by atoms with Crippen LogP contribution in [0.1, 0.15) is 30.1 Å². The van der Waals surface area contributed by atoms with Crippen molar-refractivity contribution >= 4 is 57.3 Å². The van der Waals surface area contributed by atoms with Crippen molar-refractivity contribution in [3.05, 3.63) is 58.2 Å². The third kappa shape index (κ3) is 3.84. The largest absolute Gasteiger partial charge is 0.361 e. The summed E-state index contributed by atoms with van der Waals surface area (Å²) in [6, 6.07) is 10.4. The number of fused-ring (bicyclic) bond motifs is 1. The number of H-pyrrole nitrogens is 1. The summed E-state index contributed by atoms with van der Waals surface area (Å²) in [6.45, 7) is 1.90. The van der Waals surface area contributed by atoms with Crippen LogP contribution in [0.5, 0.6) is 0 Å². The van der Waals surface area contributed by atoms with E-state index in [0.29, 0.717) is 23.6 Å². The molecule has 0 saturated heterocycles. The second-order valence-corrected chi connectivity index (χ2v) is 6.65. The number of rotatable bonds is 5. The first kappa shape index (κ1) is 18.3. The molecular weight excluding hydrogens is 373 g/mol. The van der Waals surface area contributed by atoms with E-state index in [-0.39, 0.29) is 22.2 Å². The molecule has 0 fully saturated rings. The van der Waals surface area contributed by atoms with Gasteiger partial charge in [0.1, 0.15) is 0 Å². The van der Waals surface area contributed by atoms with Crippen molar-refractivity contribution in [2.24, 2.45) is 0 Å². The molecule has 7 heteroatoms. The highest BCUT2D eigenvalue weighted by molar-refractivity contribution is 6.38. The summed E-state index contributed by atoms with van der Waals surface area (Å²) in [4.78, 5) is 27.9. The first-order valence-electron chi connectivity index (χ1n) is 8.16. The number of benzene rings is 2. The fourth-order valence-electron chi connectivity index (χ4n) is 2.69. The number of halogens is 2. The van der Waals surface area contributed by atoms with Gasteiger partial charge in [0.15, 0.2) is 0 Å². The molecular formula is C19H17Cl2N3O2. The molecule has 1 heterocycles. The maximum atomic E-state index is 12.9. The minimum atomic E-state index is -0.408. The molecule has 1 aromatic heterocycles. The third-order valence-corrected chi connectivity index (χ3v) is 4.40. The van der Waals surface area contributed by atoms with E-state index in [1.165, 1.54) is 12.1 Å².